The number of amides is 3. The number of aliphatic hydroxyl groups is 6. The minimum Gasteiger partial charge on any atom is -0.480 e. The average Bonchev–Trinajstić information content (AvgIpc) is 2.94. The molecule has 0 saturated carbocycles. The van der Waals surface area contributed by atoms with E-state index in [2.05, 4.69) is 16.0 Å². The summed E-state index contributed by atoms with van der Waals surface area (Å²) >= 11 is 0. The molecule has 19 heteroatoms. The highest BCUT2D eigenvalue weighted by molar-refractivity contribution is 5.85. The lowest BCUT2D eigenvalue weighted by atomic mass is 10.0. The van der Waals surface area contributed by atoms with Gasteiger partial charge in [0.1, 0.15) is 43.2 Å². The van der Waals surface area contributed by atoms with Crippen LogP contribution in [0.1, 0.15) is 13.8 Å². The van der Waals surface area contributed by atoms with E-state index in [0.717, 1.165) is 4.90 Å². The third-order valence-corrected chi connectivity index (χ3v) is 6.57. The van der Waals surface area contributed by atoms with Crippen molar-refractivity contribution in [2.75, 3.05) is 52.5 Å². The minimum atomic E-state index is -1.52. The van der Waals surface area contributed by atoms with Crippen LogP contribution in [0.3, 0.4) is 0 Å². The first-order chi connectivity index (χ1) is 20.2. The number of aliphatic carboxylic acids is 1. The number of carbonyl (C=O) groups is 4. The molecule has 2 aliphatic rings. The molecule has 2 rings (SSSR count). The molecule has 0 aromatic heterocycles. The number of carbonyl (C=O) groups excluding carboxylic acids is 3. The molecule has 3 amide bonds. The SMILES string of the molecule is C[C@@H]1O[C@@H](OCCNC(=O)CN(CC(=O)NCCO[C@@H]2O[C@@H](C)[C@@H](O)[C@@H](O)[C@@H]2O)CC(=O)NCC(=O)O)[C@@H](O)[C@H](O)[C@@H]1O. The Morgan fingerprint density at radius 2 is 1.00 bits per heavy atom. The quantitative estimate of drug-likeness (QED) is 0.0713. The number of hydrogen-bond donors (Lipinski definition) is 10. The van der Waals surface area contributed by atoms with E-state index in [4.69, 9.17) is 24.1 Å². The molecule has 0 bridgehead atoms. The highest BCUT2D eigenvalue weighted by Crippen LogP contribution is 2.22. The molecule has 19 nitrogen and oxygen atoms in total. The summed E-state index contributed by atoms with van der Waals surface area (Å²) in [6.07, 6.45) is -12.7. The summed E-state index contributed by atoms with van der Waals surface area (Å²) in [5.74, 6) is -3.30. The average molecular weight is 627 g/mol. The highest BCUT2D eigenvalue weighted by atomic mass is 16.7. The molecule has 2 heterocycles. The highest BCUT2D eigenvalue weighted by Gasteiger charge is 2.43. The van der Waals surface area contributed by atoms with E-state index >= 15 is 0 Å². The monoisotopic (exact) mass is 626 g/mol. The molecule has 0 aliphatic carbocycles. The molecule has 2 saturated heterocycles. The van der Waals surface area contributed by atoms with E-state index < -0.39 is 111 Å². The normalized spacial score (nSPS) is 32.7. The summed E-state index contributed by atoms with van der Waals surface area (Å²) in [4.78, 5) is 49.0. The Morgan fingerprint density at radius 1 is 0.628 bits per heavy atom. The Morgan fingerprint density at radius 3 is 1.37 bits per heavy atom. The molecule has 2 fully saturated rings. The fraction of sp³-hybridized carbons (Fsp3) is 0.833. The number of nitrogens with one attached hydrogen (secondary N) is 3. The van der Waals surface area contributed by atoms with Gasteiger partial charge in [-0.1, -0.05) is 0 Å². The maximum atomic E-state index is 12.5. The van der Waals surface area contributed by atoms with Crippen LogP contribution in [0.5, 0.6) is 0 Å². The second-order valence-corrected chi connectivity index (χ2v) is 10.1. The lowest BCUT2D eigenvalue weighted by Crippen LogP contribution is -2.57. The molecule has 0 aromatic carbocycles. The van der Waals surface area contributed by atoms with Crippen molar-refractivity contribution in [3.8, 4) is 0 Å². The zero-order chi connectivity index (χ0) is 32.3. The largest absolute Gasteiger partial charge is 0.480 e. The molecule has 0 spiro atoms. The van der Waals surface area contributed by atoms with Crippen molar-refractivity contribution >= 4 is 23.7 Å². The van der Waals surface area contributed by atoms with Crippen LogP contribution < -0.4 is 16.0 Å². The molecule has 43 heavy (non-hydrogen) atoms. The van der Waals surface area contributed by atoms with Gasteiger partial charge in [-0.05, 0) is 13.8 Å². The van der Waals surface area contributed by atoms with Crippen LogP contribution in [0, 0.1) is 0 Å². The predicted octanol–water partition coefficient (Wildman–Crippen LogP) is -6.59. The number of carboxylic acids is 1. The van der Waals surface area contributed by atoms with Gasteiger partial charge < -0.3 is 70.6 Å². The van der Waals surface area contributed by atoms with Crippen LogP contribution in [-0.4, -0.2) is 178 Å². The fourth-order valence-electron chi connectivity index (χ4n) is 4.15. The van der Waals surface area contributed by atoms with Crippen molar-refractivity contribution in [2.24, 2.45) is 0 Å². The van der Waals surface area contributed by atoms with Crippen molar-refractivity contribution in [3.63, 3.8) is 0 Å². The van der Waals surface area contributed by atoms with E-state index in [1.807, 2.05) is 0 Å². The summed E-state index contributed by atoms with van der Waals surface area (Å²) in [6, 6.07) is 0. The van der Waals surface area contributed by atoms with Gasteiger partial charge >= 0.3 is 5.97 Å². The number of carboxylic acid groups (broad SMARTS) is 1. The van der Waals surface area contributed by atoms with Gasteiger partial charge in [0.05, 0.1) is 45.1 Å². The summed E-state index contributed by atoms with van der Waals surface area (Å²) in [5, 5.41) is 74.9. The second-order valence-electron chi connectivity index (χ2n) is 10.1. The van der Waals surface area contributed by atoms with Crippen LogP contribution >= 0.6 is 0 Å². The maximum absolute atomic E-state index is 12.5. The summed E-state index contributed by atoms with van der Waals surface area (Å²) in [6.45, 7) is 0.421. The molecular formula is C24H42N4O15. The van der Waals surface area contributed by atoms with Gasteiger partial charge in [0.2, 0.25) is 17.7 Å². The third kappa shape index (κ3) is 11.8. The van der Waals surface area contributed by atoms with Crippen molar-refractivity contribution < 1.29 is 73.9 Å². The predicted molar refractivity (Wildman–Crippen MR) is 140 cm³/mol. The zero-order valence-corrected chi connectivity index (χ0v) is 23.8. The van der Waals surface area contributed by atoms with Gasteiger partial charge in [0.15, 0.2) is 12.6 Å². The zero-order valence-electron chi connectivity index (χ0n) is 23.8. The molecule has 0 aromatic rings. The molecular weight excluding hydrogens is 584 g/mol. The van der Waals surface area contributed by atoms with Gasteiger partial charge in [-0.25, -0.2) is 0 Å². The van der Waals surface area contributed by atoms with E-state index in [9.17, 15) is 49.8 Å². The van der Waals surface area contributed by atoms with E-state index in [0.29, 0.717) is 0 Å². The van der Waals surface area contributed by atoms with Gasteiger partial charge in [0.25, 0.3) is 0 Å². The Kier molecular flexibility index (Phi) is 15.0. The van der Waals surface area contributed by atoms with Gasteiger partial charge in [-0.2, -0.15) is 0 Å². The Hall–Kier alpha value is -2.56. The molecule has 2 aliphatic heterocycles. The molecule has 10 N–H and O–H groups in total. The van der Waals surface area contributed by atoms with Crippen LogP contribution in [0.2, 0.25) is 0 Å². The molecule has 0 radical (unpaired) electrons. The number of aliphatic hydroxyl groups excluding tert-OH is 6. The first-order valence-electron chi connectivity index (χ1n) is 13.6. The van der Waals surface area contributed by atoms with Gasteiger partial charge in [-0.15, -0.1) is 0 Å². The molecule has 10 atom stereocenters. The maximum Gasteiger partial charge on any atom is 0.322 e. The van der Waals surface area contributed by atoms with Crippen molar-refractivity contribution in [1.82, 2.24) is 20.9 Å². The van der Waals surface area contributed by atoms with E-state index in [1.54, 1.807) is 0 Å². The second kappa shape index (κ2) is 17.7. The Labute approximate surface area is 246 Å². The van der Waals surface area contributed by atoms with Crippen LogP contribution in [-0.2, 0) is 38.1 Å². The Bertz CT molecular complexity index is 873. The number of hydrogen-bond acceptors (Lipinski definition) is 15. The molecule has 0 unspecified atom stereocenters. The van der Waals surface area contributed by atoms with Crippen LogP contribution in [0.4, 0.5) is 0 Å². The van der Waals surface area contributed by atoms with Gasteiger partial charge in [-0.3, -0.25) is 24.1 Å². The number of rotatable bonds is 16. The first kappa shape index (κ1) is 36.6. The first-order valence-corrected chi connectivity index (χ1v) is 13.6. The molecule has 248 valence electrons. The summed E-state index contributed by atoms with van der Waals surface area (Å²) < 4.78 is 21.2. The van der Waals surface area contributed by atoms with Crippen LogP contribution in [0.15, 0.2) is 0 Å². The van der Waals surface area contributed by atoms with E-state index in [1.165, 1.54) is 13.8 Å². The van der Waals surface area contributed by atoms with Crippen LogP contribution in [0.25, 0.3) is 0 Å². The number of nitrogens with zero attached hydrogens (tertiary/aromatic N) is 1. The van der Waals surface area contributed by atoms with Crippen molar-refractivity contribution in [3.05, 3.63) is 0 Å². The minimum absolute atomic E-state index is 0.0829. The summed E-state index contributed by atoms with van der Waals surface area (Å²) in [5.41, 5.74) is 0. The Balaban J connectivity index is 1.80. The topological polar surface area (TPSA) is 286 Å². The smallest absolute Gasteiger partial charge is 0.322 e. The van der Waals surface area contributed by atoms with Crippen molar-refractivity contribution in [1.29, 1.82) is 0 Å². The fourth-order valence-corrected chi connectivity index (χ4v) is 4.15. The third-order valence-electron chi connectivity index (χ3n) is 6.57. The lowest BCUT2D eigenvalue weighted by Gasteiger charge is -2.38. The lowest BCUT2D eigenvalue weighted by molar-refractivity contribution is -0.292. The summed E-state index contributed by atoms with van der Waals surface area (Å²) in [7, 11) is 0. The van der Waals surface area contributed by atoms with E-state index in [-0.39, 0.29) is 26.3 Å². The standard InChI is InChI=1S/C24H42N4O15/c1-11-17(34)19(36)21(38)23(42-11)40-5-3-25-13(29)8-28(10-15(31)27-7-16(32)33)9-14(30)26-4-6-41-24-22(39)20(37)18(35)12(2)43-24/h11-12,17-24,34-39H,3-10H2,1-2H3,(H,25,29)(H,26,30)(H,27,31)(H,32,33)/t11-,12-,17+,18+,19+,20+,21-,22-,23+,24+/m0/s1. The van der Waals surface area contributed by atoms with Gasteiger partial charge in [0, 0.05) is 13.1 Å². The number of ether oxygens (including phenoxy) is 4. The van der Waals surface area contributed by atoms with Crippen molar-refractivity contribution in [2.45, 2.75) is 75.3 Å².